The van der Waals surface area contributed by atoms with Crippen LogP contribution in [0.5, 0.6) is 0 Å². The van der Waals surface area contributed by atoms with Gasteiger partial charge in [0.05, 0.1) is 12.1 Å². The van der Waals surface area contributed by atoms with Gasteiger partial charge in [-0.3, -0.25) is 4.21 Å². The summed E-state index contributed by atoms with van der Waals surface area (Å²) in [6, 6.07) is 8.31. The molecule has 110 valence electrons. The van der Waals surface area contributed by atoms with Crippen LogP contribution in [0.2, 0.25) is 0 Å². The molecule has 0 spiro atoms. The first-order chi connectivity index (χ1) is 8.90. The number of nitrogens with two attached hydrogens (primary N) is 1. The second-order valence-electron chi connectivity index (χ2n) is 5.01. The van der Waals surface area contributed by atoms with Gasteiger partial charge in [-0.25, -0.2) is 0 Å². The lowest BCUT2D eigenvalue weighted by Crippen LogP contribution is -2.93. The lowest BCUT2D eigenvalue weighted by Gasteiger charge is -2.12. The molecule has 1 aromatic rings. The molecule has 3 unspecified atom stereocenters. The van der Waals surface area contributed by atoms with Crippen molar-refractivity contribution in [2.75, 3.05) is 0 Å². The van der Waals surface area contributed by atoms with Gasteiger partial charge in [0.1, 0.15) is 0 Å². The van der Waals surface area contributed by atoms with E-state index in [1.54, 1.807) is 24.3 Å². The summed E-state index contributed by atoms with van der Waals surface area (Å²) >= 11 is -2.09. The van der Waals surface area contributed by atoms with E-state index in [0.717, 1.165) is 17.6 Å². The average Bonchev–Trinajstić information content (AvgIpc) is 2.39. The predicted octanol–water partition coefficient (Wildman–Crippen LogP) is 2.38. The Morgan fingerprint density at radius 1 is 1.11 bits per heavy atom. The molecule has 3 atom stereocenters. The maximum Gasteiger partial charge on any atom is 0.0829 e. The highest BCUT2D eigenvalue weighted by molar-refractivity contribution is 7.79. The lowest BCUT2D eigenvalue weighted by atomic mass is 10.2. The van der Waals surface area contributed by atoms with Gasteiger partial charge in [-0.2, -0.15) is 0 Å². The fourth-order valence-electron chi connectivity index (χ4n) is 1.48. The zero-order chi connectivity index (χ0) is 14.8. The summed E-state index contributed by atoms with van der Waals surface area (Å²) in [6.07, 6.45) is 2.56. The van der Waals surface area contributed by atoms with Crippen LogP contribution in [0.1, 0.15) is 46.1 Å². The van der Waals surface area contributed by atoms with Gasteiger partial charge < -0.3 is 9.87 Å². The van der Waals surface area contributed by atoms with Crippen molar-refractivity contribution in [2.45, 2.75) is 64.4 Å². The fourth-order valence-corrected chi connectivity index (χ4v) is 1.84. The minimum Gasteiger partial charge on any atom is -0.768 e. The first-order valence-electron chi connectivity index (χ1n) is 6.91. The quantitative estimate of drug-likeness (QED) is 0.844. The van der Waals surface area contributed by atoms with E-state index in [0.29, 0.717) is 4.90 Å². The third-order valence-electron chi connectivity index (χ3n) is 3.16. The van der Waals surface area contributed by atoms with Crippen molar-refractivity contribution >= 4 is 11.1 Å². The van der Waals surface area contributed by atoms with Crippen LogP contribution in [0.4, 0.5) is 0 Å². The molecule has 4 heteroatoms. The molecule has 0 saturated carbocycles. The van der Waals surface area contributed by atoms with Gasteiger partial charge in [-0.1, -0.05) is 31.5 Å². The Balaban J connectivity index is 0.000000344. The molecule has 2 N–H and O–H groups in total. The number of hydrogen-bond donors (Lipinski definition) is 1. The topological polar surface area (TPSA) is 56.7 Å². The molecule has 0 aliphatic rings. The smallest absolute Gasteiger partial charge is 0.0829 e. The summed E-state index contributed by atoms with van der Waals surface area (Å²) in [4.78, 5) is 0.339. The molecule has 0 fully saturated rings. The van der Waals surface area contributed by atoms with Crippen LogP contribution in [0.3, 0.4) is 0 Å². The Morgan fingerprint density at radius 2 is 1.53 bits per heavy atom. The SMILES string of the molecule is CCC(C)[NH2+]C(C)CC.Cc1ccc(S(=O)[O-])cc1. The Bertz CT molecular complexity index is 357. The molecular formula is C15H27NO2S. The predicted molar refractivity (Wildman–Crippen MR) is 79.8 cm³/mol. The second-order valence-corrected chi connectivity index (χ2v) is 5.95. The van der Waals surface area contributed by atoms with Crippen molar-refractivity contribution < 1.29 is 14.1 Å². The Labute approximate surface area is 120 Å². The molecule has 3 nitrogen and oxygen atoms in total. The lowest BCUT2D eigenvalue weighted by molar-refractivity contribution is -0.715. The fraction of sp³-hybridized carbons (Fsp3) is 0.600. The first-order valence-corrected chi connectivity index (χ1v) is 7.99. The summed E-state index contributed by atoms with van der Waals surface area (Å²) in [7, 11) is 0. The summed E-state index contributed by atoms with van der Waals surface area (Å²) < 4.78 is 20.6. The van der Waals surface area contributed by atoms with Gasteiger partial charge in [0.25, 0.3) is 0 Å². The van der Waals surface area contributed by atoms with Crippen LogP contribution in [0, 0.1) is 6.92 Å². The molecule has 0 aliphatic carbocycles. The van der Waals surface area contributed by atoms with E-state index in [-0.39, 0.29) is 0 Å². The maximum atomic E-state index is 10.3. The molecule has 0 heterocycles. The Morgan fingerprint density at radius 3 is 1.84 bits per heavy atom. The highest BCUT2D eigenvalue weighted by atomic mass is 32.2. The Kier molecular flexibility index (Phi) is 9.74. The molecule has 19 heavy (non-hydrogen) atoms. The molecule has 1 rings (SSSR count). The summed E-state index contributed by atoms with van der Waals surface area (Å²) in [5, 5.41) is 2.44. The third kappa shape index (κ3) is 8.92. The van der Waals surface area contributed by atoms with Gasteiger partial charge in [0.2, 0.25) is 0 Å². The number of hydrogen-bond acceptors (Lipinski definition) is 2. The molecule has 0 aliphatic heterocycles. The maximum absolute atomic E-state index is 10.3. The van der Waals surface area contributed by atoms with E-state index in [1.807, 2.05) is 6.92 Å². The highest BCUT2D eigenvalue weighted by Crippen LogP contribution is 2.05. The summed E-state index contributed by atoms with van der Waals surface area (Å²) in [6.45, 7) is 11.0. The second kappa shape index (κ2) is 10.1. The van der Waals surface area contributed by atoms with Crippen molar-refractivity contribution in [2.24, 2.45) is 0 Å². The third-order valence-corrected chi connectivity index (χ3v) is 3.82. The van der Waals surface area contributed by atoms with E-state index < -0.39 is 11.1 Å². The molecule has 0 radical (unpaired) electrons. The zero-order valence-corrected chi connectivity index (χ0v) is 13.5. The molecule has 0 bridgehead atoms. The van der Waals surface area contributed by atoms with Gasteiger partial charge in [-0.15, -0.1) is 0 Å². The first kappa shape index (κ1) is 18.3. The van der Waals surface area contributed by atoms with Crippen molar-refractivity contribution in [3.63, 3.8) is 0 Å². The number of quaternary nitrogens is 1. The van der Waals surface area contributed by atoms with E-state index >= 15 is 0 Å². The van der Waals surface area contributed by atoms with Crippen LogP contribution < -0.4 is 5.32 Å². The highest BCUT2D eigenvalue weighted by Gasteiger charge is 2.05. The van der Waals surface area contributed by atoms with Gasteiger partial charge in [-0.05, 0) is 56.8 Å². The van der Waals surface area contributed by atoms with Crippen LogP contribution in [-0.4, -0.2) is 20.8 Å². The largest absolute Gasteiger partial charge is 0.768 e. The van der Waals surface area contributed by atoms with Gasteiger partial charge in [0, 0.05) is 4.90 Å². The monoisotopic (exact) mass is 285 g/mol. The summed E-state index contributed by atoms with van der Waals surface area (Å²) in [5.74, 6) is 0. The average molecular weight is 285 g/mol. The standard InChI is InChI=1S/C8H19N.C7H8O2S/c1-5-7(3)9-8(4)6-2;1-6-2-4-7(5-3-6)10(8)9/h7-9H,5-6H2,1-4H3;2-5H,1H3,(H,8,9). The van der Waals surface area contributed by atoms with E-state index in [9.17, 15) is 8.76 Å². The van der Waals surface area contributed by atoms with Crippen molar-refractivity contribution in [1.29, 1.82) is 0 Å². The van der Waals surface area contributed by atoms with Gasteiger partial charge >= 0.3 is 0 Å². The van der Waals surface area contributed by atoms with Crippen molar-refractivity contribution in [1.82, 2.24) is 0 Å². The number of rotatable bonds is 5. The number of benzene rings is 1. The van der Waals surface area contributed by atoms with Crippen LogP contribution in [0.25, 0.3) is 0 Å². The molecule has 1 aromatic carbocycles. The van der Waals surface area contributed by atoms with Crippen molar-refractivity contribution in [3.05, 3.63) is 29.8 Å². The minimum atomic E-state index is -2.09. The molecule has 0 aromatic heterocycles. The minimum absolute atomic E-state index is 0.339. The van der Waals surface area contributed by atoms with Crippen LogP contribution in [0.15, 0.2) is 29.2 Å². The van der Waals surface area contributed by atoms with Gasteiger partial charge in [0.15, 0.2) is 0 Å². The van der Waals surface area contributed by atoms with Crippen LogP contribution >= 0.6 is 0 Å². The molecule has 0 saturated heterocycles. The summed E-state index contributed by atoms with van der Waals surface area (Å²) in [5.41, 5.74) is 1.06. The Hall–Kier alpha value is -0.710. The molecular weight excluding hydrogens is 258 g/mol. The zero-order valence-electron chi connectivity index (χ0n) is 12.7. The molecule has 0 amide bonds. The van der Waals surface area contributed by atoms with E-state index in [1.165, 1.54) is 12.8 Å². The van der Waals surface area contributed by atoms with Crippen LogP contribution in [-0.2, 0) is 11.1 Å². The van der Waals surface area contributed by atoms with E-state index in [4.69, 9.17) is 0 Å². The normalized spacial score (nSPS) is 15.1. The van der Waals surface area contributed by atoms with Crippen molar-refractivity contribution in [3.8, 4) is 0 Å². The number of aryl methyl sites for hydroxylation is 1. The van der Waals surface area contributed by atoms with E-state index in [2.05, 4.69) is 33.0 Å².